The molecular weight excluding hydrogens is 240 g/mol. The molecule has 0 unspecified atom stereocenters. The van der Waals surface area contributed by atoms with Crippen molar-refractivity contribution >= 4 is 11.8 Å². The van der Waals surface area contributed by atoms with Gasteiger partial charge in [0.15, 0.2) is 0 Å². The Morgan fingerprint density at radius 2 is 1.58 bits per heavy atom. The fourth-order valence-corrected chi connectivity index (χ4v) is 1.93. The topological polar surface area (TPSA) is 43.4 Å². The molecule has 2 aromatic rings. The summed E-state index contributed by atoms with van der Waals surface area (Å²) >= 11 is 0. The van der Waals surface area contributed by atoms with Gasteiger partial charge in [0.2, 0.25) is 5.78 Å². The zero-order valence-corrected chi connectivity index (χ0v) is 10.6. The molecule has 0 aromatic heterocycles. The maximum atomic E-state index is 11.7. The summed E-state index contributed by atoms with van der Waals surface area (Å²) in [4.78, 5) is 22.8. The normalized spacial score (nSPS) is 9.95. The van der Waals surface area contributed by atoms with Crippen LogP contribution in [0.1, 0.15) is 5.56 Å². The molecule has 0 aliphatic carbocycles. The van der Waals surface area contributed by atoms with Crippen molar-refractivity contribution in [1.82, 2.24) is 0 Å². The molecule has 0 amide bonds. The molecular formula is C16H14O3. The van der Waals surface area contributed by atoms with Gasteiger partial charge in [0.25, 0.3) is 0 Å². The quantitative estimate of drug-likeness (QED) is 0.622. The van der Waals surface area contributed by atoms with Gasteiger partial charge in [0.1, 0.15) is 0 Å². The summed E-state index contributed by atoms with van der Waals surface area (Å²) in [5, 5.41) is 0. The average Bonchev–Trinajstić information content (AvgIpc) is 2.47. The van der Waals surface area contributed by atoms with Gasteiger partial charge < -0.3 is 4.74 Å². The van der Waals surface area contributed by atoms with Crippen molar-refractivity contribution in [1.29, 1.82) is 0 Å². The Morgan fingerprint density at radius 3 is 2.26 bits per heavy atom. The minimum atomic E-state index is -0.803. The standard InChI is InChI=1S/C16H14O3/c1-19-16(18)15(17)11-13-9-5-6-10-14(13)12-7-3-2-4-8-12/h2-10H,11H2,1H3. The molecule has 0 aliphatic heterocycles. The third kappa shape index (κ3) is 3.07. The van der Waals surface area contributed by atoms with Gasteiger partial charge in [-0.15, -0.1) is 0 Å². The van der Waals surface area contributed by atoms with E-state index in [4.69, 9.17) is 0 Å². The number of ketones is 1. The van der Waals surface area contributed by atoms with Crippen molar-refractivity contribution in [2.75, 3.05) is 7.11 Å². The molecule has 0 spiro atoms. The van der Waals surface area contributed by atoms with Crippen LogP contribution in [0.3, 0.4) is 0 Å². The second-order valence-corrected chi connectivity index (χ2v) is 4.11. The fourth-order valence-electron chi connectivity index (χ4n) is 1.93. The highest BCUT2D eigenvalue weighted by Crippen LogP contribution is 2.23. The first-order chi connectivity index (χ1) is 9.22. The van der Waals surface area contributed by atoms with Crippen LogP contribution in [0.5, 0.6) is 0 Å². The lowest BCUT2D eigenvalue weighted by molar-refractivity contribution is -0.151. The summed E-state index contributed by atoms with van der Waals surface area (Å²) in [5.74, 6) is -1.34. The monoisotopic (exact) mass is 254 g/mol. The molecule has 19 heavy (non-hydrogen) atoms. The van der Waals surface area contributed by atoms with Gasteiger partial charge in [-0.1, -0.05) is 54.6 Å². The Kier molecular flexibility index (Phi) is 4.08. The van der Waals surface area contributed by atoms with E-state index in [0.29, 0.717) is 0 Å². The highest BCUT2D eigenvalue weighted by Gasteiger charge is 2.16. The van der Waals surface area contributed by atoms with Crippen molar-refractivity contribution in [3.63, 3.8) is 0 Å². The summed E-state index contributed by atoms with van der Waals surface area (Å²) in [5.41, 5.74) is 2.81. The van der Waals surface area contributed by atoms with Crippen LogP contribution in [0.4, 0.5) is 0 Å². The number of esters is 1. The van der Waals surface area contributed by atoms with Crippen LogP contribution in [0.15, 0.2) is 54.6 Å². The lowest BCUT2D eigenvalue weighted by Crippen LogP contribution is -2.18. The van der Waals surface area contributed by atoms with E-state index in [1.54, 1.807) is 0 Å². The number of hydrogen-bond donors (Lipinski definition) is 0. The van der Waals surface area contributed by atoms with E-state index in [2.05, 4.69) is 4.74 Å². The molecule has 0 heterocycles. The third-order valence-electron chi connectivity index (χ3n) is 2.87. The number of methoxy groups -OCH3 is 1. The molecule has 0 bridgehead atoms. The van der Waals surface area contributed by atoms with Crippen LogP contribution >= 0.6 is 0 Å². The molecule has 3 nitrogen and oxygen atoms in total. The van der Waals surface area contributed by atoms with Crippen LogP contribution < -0.4 is 0 Å². The third-order valence-corrected chi connectivity index (χ3v) is 2.87. The van der Waals surface area contributed by atoms with Crippen LogP contribution in [-0.4, -0.2) is 18.9 Å². The summed E-state index contributed by atoms with van der Waals surface area (Å²) in [6.07, 6.45) is 0.0533. The Hall–Kier alpha value is -2.42. The molecule has 0 fully saturated rings. The minimum absolute atomic E-state index is 0.0533. The van der Waals surface area contributed by atoms with E-state index in [1.165, 1.54) is 7.11 Å². The first-order valence-corrected chi connectivity index (χ1v) is 5.97. The van der Waals surface area contributed by atoms with Crippen molar-refractivity contribution in [3.8, 4) is 11.1 Å². The van der Waals surface area contributed by atoms with Crippen molar-refractivity contribution in [2.24, 2.45) is 0 Å². The summed E-state index contributed by atoms with van der Waals surface area (Å²) < 4.78 is 4.44. The van der Waals surface area contributed by atoms with Gasteiger partial charge in [-0.2, -0.15) is 0 Å². The molecule has 2 aromatic carbocycles. The first kappa shape index (κ1) is 13.0. The van der Waals surface area contributed by atoms with Crippen LogP contribution in [-0.2, 0) is 20.7 Å². The molecule has 0 saturated heterocycles. The fraction of sp³-hybridized carbons (Fsp3) is 0.125. The van der Waals surface area contributed by atoms with Crippen molar-refractivity contribution in [2.45, 2.75) is 6.42 Å². The smallest absolute Gasteiger partial charge is 0.374 e. The number of carbonyl (C=O) groups excluding carboxylic acids is 2. The number of benzene rings is 2. The van der Waals surface area contributed by atoms with Crippen molar-refractivity contribution in [3.05, 3.63) is 60.2 Å². The Labute approximate surface area is 111 Å². The Balaban J connectivity index is 2.32. The van der Waals surface area contributed by atoms with Gasteiger partial charge in [-0.05, 0) is 16.7 Å². The van der Waals surface area contributed by atoms with E-state index >= 15 is 0 Å². The van der Waals surface area contributed by atoms with E-state index in [9.17, 15) is 9.59 Å². The van der Waals surface area contributed by atoms with Gasteiger partial charge in [-0.25, -0.2) is 4.79 Å². The minimum Gasteiger partial charge on any atom is -0.463 e. The van der Waals surface area contributed by atoms with Gasteiger partial charge in [-0.3, -0.25) is 4.79 Å². The van der Waals surface area contributed by atoms with Gasteiger partial charge in [0, 0.05) is 6.42 Å². The lowest BCUT2D eigenvalue weighted by atomic mass is 9.96. The predicted octanol–water partition coefficient (Wildman–Crippen LogP) is 2.64. The highest BCUT2D eigenvalue weighted by atomic mass is 16.5. The molecule has 0 atom stereocenters. The van der Waals surface area contributed by atoms with Gasteiger partial charge in [0.05, 0.1) is 7.11 Å². The summed E-state index contributed by atoms with van der Waals surface area (Å²) in [6, 6.07) is 17.3. The Morgan fingerprint density at radius 1 is 0.947 bits per heavy atom. The van der Waals surface area contributed by atoms with E-state index in [0.717, 1.165) is 16.7 Å². The number of Topliss-reactive ketones (excluding diaryl/α,β-unsaturated/α-hetero) is 1. The maximum absolute atomic E-state index is 11.7. The van der Waals surface area contributed by atoms with Crippen LogP contribution in [0, 0.1) is 0 Å². The highest BCUT2D eigenvalue weighted by molar-refractivity contribution is 6.34. The second-order valence-electron chi connectivity index (χ2n) is 4.11. The molecule has 0 saturated carbocycles. The average molecular weight is 254 g/mol. The van der Waals surface area contributed by atoms with Crippen molar-refractivity contribution < 1.29 is 14.3 Å². The molecule has 0 aliphatic rings. The molecule has 96 valence electrons. The SMILES string of the molecule is COC(=O)C(=O)Cc1ccccc1-c1ccccc1. The Bertz CT molecular complexity index is 588. The van der Waals surface area contributed by atoms with E-state index < -0.39 is 11.8 Å². The van der Waals surface area contributed by atoms with Gasteiger partial charge >= 0.3 is 5.97 Å². The summed E-state index contributed by atoms with van der Waals surface area (Å²) in [6.45, 7) is 0. The molecule has 0 radical (unpaired) electrons. The second kappa shape index (κ2) is 5.96. The number of carbonyl (C=O) groups is 2. The lowest BCUT2D eigenvalue weighted by Gasteiger charge is -2.08. The predicted molar refractivity (Wildman–Crippen MR) is 72.6 cm³/mol. The summed E-state index contributed by atoms with van der Waals surface area (Å²) in [7, 11) is 1.21. The first-order valence-electron chi connectivity index (χ1n) is 5.97. The number of rotatable bonds is 4. The van der Waals surface area contributed by atoms with E-state index in [1.807, 2.05) is 54.6 Å². The van der Waals surface area contributed by atoms with Crippen LogP contribution in [0.25, 0.3) is 11.1 Å². The zero-order chi connectivity index (χ0) is 13.7. The molecule has 2 rings (SSSR count). The molecule has 0 N–H and O–H groups in total. The van der Waals surface area contributed by atoms with E-state index in [-0.39, 0.29) is 6.42 Å². The zero-order valence-electron chi connectivity index (χ0n) is 10.6. The molecule has 3 heteroatoms. The number of ether oxygens (including phenoxy) is 1. The van der Waals surface area contributed by atoms with Crippen LogP contribution in [0.2, 0.25) is 0 Å². The maximum Gasteiger partial charge on any atom is 0.374 e. The largest absolute Gasteiger partial charge is 0.463 e. The number of hydrogen-bond acceptors (Lipinski definition) is 3.